The molecule has 28 heavy (non-hydrogen) atoms. The highest BCUT2D eigenvalue weighted by Crippen LogP contribution is 2.28. The van der Waals surface area contributed by atoms with Crippen LogP contribution in [-0.4, -0.2) is 40.3 Å². The highest BCUT2D eigenvalue weighted by Gasteiger charge is 2.14. The summed E-state index contributed by atoms with van der Waals surface area (Å²) in [5.41, 5.74) is 5.09. The molecule has 0 unspecified atom stereocenters. The Balaban J connectivity index is 1.97. The van der Waals surface area contributed by atoms with Crippen molar-refractivity contribution in [1.82, 2.24) is 25.6 Å². The number of amides is 2. The summed E-state index contributed by atoms with van der Waals surface area (Å²) in [5, 5.41) is 6.78. The zero-order valence-electron chi connectivity index (χ0n) is 16.2. The van der Waals surface area contributed by atoms with Crippen molar-refractivity contribution in [3.8, 4) is 11.5 Å². The maximum Gasteiger partial charge on any atom is 0.269 e. The summed E-state index contributed by atoms with van der Waals surface area (Å²) in [6, 6.07) is 4.81. The summed E-state index contributed by atoms with van der Waals surface area (Å²) in [6.45, 7) is 4.51. The van der Waals surface area contributed by atoms with Crippen molar-refractivity contribution in [2.75, 3.05) is 13.7 Å². The van der Waals surface area contributed by atoms with Crippen molar-refractivity contribution < 1.29 is 19.1 Å². The number of aromatic nitrogens is 3. The molecule has 1 aromatic heterocycles. The number of carbonyl (C=O) groups excluding carboxylic acids is 2. The van der Waals surface area contributed by atoms with E-state index in [4.69, 9.17) is 21.7 Å². The number of hydrogen-bond acceptors (Lipinski definition) is 6. The van der Waals surface area contributed by atoms with Crippen LogP contribution in [0.15, 0.2) is 18.2 Å². The van der Waals surface area contributed by atoms with Gasteiger partial charge in [-0.3, -0.25) is 30.1 Å². The Morgan fingerprint density at radius 3 is 2.68 bits per heavy atom. The Hall–Kier alpha value is -2.88. The number of hydrogen-bond donors (Lipinski definition) is 3. The first-order chi connectivity index (χ1) is 13.5. The summed E-state index contributed by atoms with van der Waals surface area (Å²) >= 11 is 5.14. The highest BCUT2D eigenvalue weighted by molar-refractivity contribution is 7.71. The van der Waals surface area contributed by atoms with E-state index in [-0.39, 0.29) is 6.54 Å². The normalized spacial score (nSPS) is 10.4. The van der Waals surface area contributed by atoms with Crippen LogP contribution in [-0.2, 0) is 17.8 Å². The van der Waals surface area contributed by atoms with Crippen molar-refractivity contribution >= 4 is 24.0 Å². The van der Waals surface area contributed by atoms with Gasteiger partial charge in [-0.25, -0.2) is 0 Å². The van der Waals surface area contributed by atoms with Crippen molar-refractivity contribution in [2.24, 2.45) is 0 Å². The monoisotopic (exact) mass is 407 g/mol. The van der Waals surface area contributed by atoms with Crippen LogP contribution in [0.25, 0.3) is 0 Å². The maximum absolute atomic E-state index is 12.3. The fourth-order valence-corrected chi connectivity index (χ4v) is 2.67. The van der Waals surface area contributed by atoms with Crippen LogP contribution in [0.3, 0.4) is 0 Å². The number of aromatic amines is 1. The second-order valence-corrected chi connectivity index (χ2v) is 6.38. The summed E-state index contributed by atoms with van der Waals surface area (Å²) in [6.07, 6.45) is 2.43. The second-order valence-electron chi connectivity index (χ2n) is 6.00. The Bertz CT molecular complexity index is 877. The minimum Gasteiger partial charge on any atom is -0.493 e. The molecule has 0 aliphatic carbocycles. The molecule has 0 saturated heterocycles. The molecule has 10 heteroatoms. The van der Waals surface area contributed by atoms with Crippen LogP contribution in [0.4, 0.5) is 0 Å². The molecule has 3 N–H and O–H groups in total. The van der Waals surface area contributed by atoms with Gasteiger partial charge in [-0.15, -0.1) is 0 Å². The molecular formula is C18H25N5O4S. The molecule has 2 amide bonds. The lowest BCUT2D eigenvalue weighted by Gasteiger charge is -2.12. The van der Waals surface area contributed by atoms with E-state index in [1.54, 1.807) is 22.8 Å². The average molecular weight is 407 g/mol. The van der Waals surface area contributed by atoms with E-state index in [2.05, 4.69) is 21.0 Å². The predicted molar refractivity (Wildman–Crippen MR) is 106 cm³/mol. The molecule has 0 saturated carbocycles. The van der Waals surface area contributed by atoms with Crippen LogP contribution in [0, 0.1) is 4.77 Å². The van der Waals surface area contributed by atoms with Crippen LogP contribution in [0.2, 0.25) is 0 Å². The number of hydrazine groups is 1. The van der Waals surface area contributed by atoms with Crippen molar-refractivity contribution in [3.05, 3.63) is 34.4 Å². The quantitative estimate of drug-likeness (QED) is 0.434. The number of ether oxygens (including phenoxy) is 2. The summed E-state index contributed by atoms with van der Waals surface area (Å²) < 4.78 is 12.8. The fraction of sp³-hybridized carbons (Fsp3) is 0.444. The molecule has 0 fully saturated rings. The van der Waals surface area contributed by atoms with Gasteiger partial charge in [0.1, 0.15) is 12.4 Å². The number of nitrogens with one attached hydrogen (secondary N) is 3. The van der Waals surface area contributed by atoms with Gasteiger partial charge in [0.2, 0.25) is 0 Å². The van der Waals surface area contributed by atoms with Gasteiger partial charge in [0.15, 0.2) is 16.3 Å². The lowest BCUT2D eigenvalue weighted by molar-refractivity contribution is -0.122. The van der Waals surface area contributed by atoms with E-state index in [0.29, 0.717) is 40.7 Å². The number of rotatable bonds is 9. The molecule has 0 spiro atoms. The van der Waals surface area contributed by atoms with Gasteiger partial charge in [-0.05, 0) is 43.3 Å². The molecule has 0 atom stereocenters. The van der Waals surface area contributed by atoms with E-state index in [9.17, 15) is 9.59 Å². The van der Waals surface area contributed by atoms with Gasteiger partial charge in [-0.2, -0.15) is 5.10 Å². The van der Waals surface area contributed by atoms with Gasteiger partial charge in [0.05, 0.1) is 13.7 Å². The third-order valence-corrected chi connectivity index (χ3v) is 4.13. The topological polar surface area (TPSA) is 110 Å². The number of carbonyl (C=O) groups is 2. The summed E-state index contributed by atoms with van der Waals surface area (Å²) in [7, 11) is 1.50. The van der Waals surface area contributed by atoms with Crippen LogP contribution < -0.4 is 20.3 Å². The van der Waals surface area contributed by atoms with Gasteiger partial charge in [0, 0.05) is 12.0 Å². The lowest BCUT2D eigenvalue weighted by atomic mass is 10.2. The first-order valence-electron chi connectivity index (χ1n) is 9.04. The lowest BCUT2D eigenvalue weighted by Crippen LogP contribution is -2.43. The molecule has 0 aliphatic rings. The molecule has 2 aromatic rings. The first kappa shape index (κ1) is 21.4. The number of benzene rings is 1. The molecule has 0 bridgehead atoms. The minimum absolute atomic E-state index is 0.0436. The Morgan fingerprint density at radius 1 is 1.21 bits per heavy atom. The molecule has 1 aromatic carbocycles. The number of aryl methyl sites for hydroxylation is 1. The van der Waals surface area contributed by atoms with Crippen molar-refractivity contribution in [3.63, 3.8) is 0 Å². The van der Waals surface area contributed by atoms with Crippen molar-refractivity contribution in [2.45, 2.75) is 39.7 Å². The maximum atomic E-state index is 12.3. The van der Waals surface area contributed by atoms with E-state index < -0.39 is 11.8 Å². The zero-order valence-corrected chi connectivity index (χ0v) is 17.0. The van der Waals surface area contributed by atoms with Crippen LogP contribution >= 0.6 is 12.2 Å². The molecule has 2 rings (SSSR count). The fourth-order valence-electron chi connectivity index (χ4n) is 2.45. The average Bonchev–Trinajstić information content (AvgIpc) is 3.04. The van der Waals surface area contributed by atoms with E-state index >= 15 is 0 Å². The molecule has 152 valence electrons. The number of methoxy groups -OCH3 is 1. The third kappa shape index (κ3) is 5.56. The largest absolute Gasteiger partial charge is 0.493 e. The van der Waals surface area contributed by atoms with Crippen LogP contribution in [0.5, 0.6) is 11.5 Å². The van der Waals surface area contributed by atoms with Crippen LogP contribution in [0.1, 0.15) is 42.9 Å². The summed E-state index contributed by atoms with van der Waals surface area (Å²) in [4.78, 5) is 24.5. The van der Waals surface area contributed by atoms with Gasteiger partial charge >= 0.3 is 0 Å². The van der Waals surface area contributed by atoms with Crippen molar-refractivity contribution in [1.29, 1.82) is 0 Å². The zero-order chi connectivity index (χ0) is 20.5. The standard InChI is InChI=1S/C18H25N5O4S/c1-4-6-15-19-22-18(28)23(15)11-16(24)20-21-17(25)12-7-8-13(27-9-5-2)14(10-12)26-3/h7-8,10H,4-6,9,11H2,1-3H3,(H,20,24)(H,21,25)(H,22,28). The van der Waals surface area contributed by atoms with E-state index in [1.165, 1.54) is 7.11 Å². The van der Waals surface area contributed by atoms with E-state index in [0.717, 1.165) is 12.8 Å². The van der Waals surface area contributed by atoms with Gasteiger partial charge in [0.25, 0.3) is 11.8 Å². The number of H-pyrrole nitrogens is 1. The Kier molecular flexibility index (Phi) is 8.00. The Labute approximate surface area is 168 Å². The highest BCUT2D eigenvalue weighted by atomic mass is 32.1. The third-order valence-electron chi connectivity index (χ3n) is 3.82. The SMILES string of the molecule is CCCOc1ccc(C(=O)NNC(=O)Cn2c(CCC)n[nH]c2=S)cc1OC. The molecule has 1 heterocycles. The predicted octanol–water partition coefficient (Wildman–Crippen LogP) is 2.15. The number of nitrogens with zero attached hydrogens (tertiary/aromatic N) is 2. The molecule has 0 radical (unpaired) electrons. The molecule has 0 aliphatic heterocycles. The minimum atomic E-state index is -0.474. The second kappa shape index (κ2) is 10.5. The smallest absolute Gasteiger partial charge is 0.269 e. The molecule has 9 nitrogen and oxygen atoms in total. The van der Waals surface area contributed by atoms with E-state index in [1.807, 2.05) is 13.8 Å². The summed E-state index contributed by atoms with van der Waals surface area (Å²) in [5.74, 6) is 0.807. The first-order valence-corrected chi connectivity index (χ1v) is 9.45. The Morgan fingerprint density at radius 2 is 2.00 bits per heavy atom. The molecular weight excluding hydrogens is 382 g/mol. The van der Waals surface area contributed by atoms with Gasteiger partial charge in [-0.1, -0.05) is 13.8 Å². The van der Waals surface area contributed by atoms with Gasteiger partial charge < -0.3 is 9.47 Å².